The molecule has 4 aromatic rings. The van der Waals surface area contributed by atoms with Gasteiger partial charge in [-0.2, -0.15) is 0 Å². The molecule has 1 N–H and O–H groups in total. The lowest BCUT2D eigenvalue weighted by Crippen LogP contribution is -2.41. The first-order valence-corrected chi connectivity index (χ1v) is 16.3. The van der Waals surface area contributed by atoms with Crippen LogP contribution in [-0.2, 0) is 36.1 Å². The third-order valence-corrected chi connectivity index (χ3v) is 9.87. The molecule has 2 aromatic heterocycles. The summed E-state index contributed by atoms with van der Waals surface area (Å²) in [5.74, 6) is -0.118. The van der Waals surface area contributed by atoms with Gasteiger partial charge in [-0.15, -0.1) is 0 Å². The average Bonchev–Trinajstić information content (AvgIpc) is 3.38. The van der Waals surface area contributed by atoms with Crippen molar-refractivity contribution < 1.29 is 28.9 Å². The lowest BCUT2D eigenvalue weighted by molar-refractivity contribution is -0.116. The molecule has 2 atom stereocenters. The van der Waals surface area contributed by atoms with Gasteiger partial charge < -0.3 is 23.9 Å². The third kappa shape index (κ3) is 5.34. The van der Waals surface area contributed by atoms with Crippen LogP contribution in [0.25, 0.3) is 17.1 Å². The predicted octanol–water partition coefficient (Wildman–Crippen LogP) is 2.64. The second-order valence-electron chi connectivity index (χ2n) is 12.6. The molecule has 0 saturated heterocycles. The number of Topliss-reactive ketones (excluding diaryl/α,β-unsaturated/α-hetero) is 1. The van der Waals surface area contributed by atoms with Gasteiger partial charge in [0.2, 0.25) is 0 Å². The highest BCUT2D eigenvalue weighted by atomic mass is 16.5. The van der Waals surface area contributed by atoms with Crippen LogP contribution in [-0.4, -0.2) is 61.5 Å². The van der Waals surface area contributed by atoms with E-state index in [4.69, 9.17) is 14.2 Å². The molecule has 2 aromatic carbocycles. The predicted molar refractivity (Wildman–Crippen MR) is 186 cm³/mol. The Balaban J connectivity index is 1.26. The van der Waals surface area contributed by atoms with E-state index in [0.29, 0.717) is 50.4 Å². The van der Waals surface area contributed by atoms with E-state index in [1.165, 1.54) is 47.4 Å². The van der Waals surface area contributed by atoms with Crippen LogP contribution in [0.3, 0.4) is 0 Å². The van der Waals surface area contributed by atoms with Crippen molar-refractivity contribution in [2.24, 2.45) is 13.0 Å². The topological polar surface area (TPSA) is 166 Å². The van der Waals surface area contributed by atoms with Crippen LogP contribution in [0.2, 0.25) is 0 Å². The molecule has 14 nitrogen and oxygen atoms in total. The summed E-state index contributed by atoms with van der Waals surface area (Å²) >= 11 is 0. The third-order valence-electron chi connectivity index (χ3n) is 9.87. The standard InChI is InChI=1S/C37H35N5O9/c1-19-14-29(44)23-16-26-21(22(33(23)34(19)45)8-6-20-7-9-28(43)30(15-20)49-3)10-13-41-36(47)40(37(48)42(26)41)12-11-24-35(46)39(2)27-18-32(51-5)31(50-4)17-25(27)38-24/h6-10,14-15,17-18,22,26,43H,11-13,16H2,1-5H3/t22-,26+/m0/s1. The van der Waals surface area contributed by atoms with Crippen LogP contribution in [0, 0.1) is 5.92 Å². The van der Waals surface area contributed by atoms with Crippen molar-refractivity contribution >= 4 is 28.7 Å². The first kappa shape index (κ1) is 33.3. The number of phenolic OH excluding ortho intramolecular Hbond substituents is 1. The minimum Gasteiger partial charge on any atom is -0.504 e. The second kappa shape index (κ2) is 12.6. The number of hydrogen-bond donors (Lipinski definition) is 1. The molecule has 51 heavy (non-hydrogen) atoms. The number of benzene rings is 2. The van der Waals surface area contributed by atoms with Gasteiger partial charge in [0.05, 0.1) is 44.9 Å². The van der Waals surface area contributed by atoms with Gasteiger partial charge in [0.25, 0.3) is 5.56 Å². The Morgan fingerprint density at radius 3 is 2.41 bits per heavy atom. The Kier molecular flexibility index (Phi) is 8.24. The molecule has 0 spiro atoms. The molecule has 2 aliphatic carbocycles. The maximum atomic E-state index is 14.1. The Labute approximate surface area is 290 Å². The number of phenols is 1. The molecule has 0 fully saturated rings. The van der Waals surface area contributed by atoms with E-state index >= 15 is 0 Å². The fourth-order valence-electron chi connectivity index (χ4n) is 7.24. The van der Waals surface area contributed by atoms with Crippen molar-refractivity contribution in [2.75, 3.05) is 21.3 Å². The van der Waals surface area contributed by atoms with E-state index in [-0.39, 0.29) is 60.2 Å². The summed E-state index contributed by atoms with van der Waals surface area (Å²) in [6.07, 6.45) is 6.76. The summed E-state index contributed by atoms with van der Waals surface area (Å²) in [6, 6.07) is 7.42. The molecule has 0 saturated carbocycles. The van der Waals surface area contributed by atoms with E-state index in [0.717, 1.165) is 4.57 Å². The zero-order chi connectivity index (χ0) is 36.3. The van der Waals surface area contributed by atoms with Gasteiger partial charge in [-0.25, -0.2) is 28.5 Å². The smallest absolute Gasteiger partial charge is 0.347 e. The number of ketones is 2. The fraction of sp³-hybridized carbons (Fsp3) is 0.297. The van der Waals surface area contributed by atoms with E-state index < -0.39 is 23.3 Å². The molecule has 0 unspecified atom stereocenters. The number of aryl methyl sites for hydroxylation is 2. The van der Waals surface area contributed by atoms with Gasteiger partial charge in [-0.1, -0.05) is 24.3 Å². The Morgan fingerprint density at radius 1 is 0.961 bits per heavy atom. The number of fused-ring (bicyclic) bond motifs is 4. The first-order valence-electron chi connectivity index (χ1n) is 16.3. The number of allylic oxidation sites excluding steroid dienone is 7. The Hall–Kier alpha value is -6.18. The fourth-order valence-corrected chi connectivity index (χ4v) is 7.24. The van der Waals surface area contributed by atoms with Crippen LogP contribution in [0.4, 0.5) is 0 Å². The number of aromatic nitrogens is 5. The van der Waals surface area contributed by atoms with Crippen molar-refractivity contribution in [1.29, 1.82) is 0 Å². The highest BCUT2D eigenvalue weighted by Crippen LogP contribution is 2.46. The van der Waals surface area contributed by atoms with E-state index in [2.05, 4.69) is 4.98 Å². The van der Waals surface area contributed by atoms with Gasteiger partial charge in [0.1, 0.15) is 5.69 Å². The Bertz CT molecular complexity index is 2490. The normalized spacial score (nSPS) is 18.4. The number of aromatic hydroxyl groups is 1. The molecular formula is C37H35N5O9. The SMILES string of the molecule is COc1cc(C=C[C@H]2C3=CCn4c(=O)n(CCc5nc6cc(OC)c(OC)cc6n(C)c5=O)c(=O)n4[C@@H]3CC3=C2C(=O)C(C)=CC3=O)ccc1O. The van der Waals surface area contributed by atoms with Crippen molar-refractivity contribution in [3.8, 4) is 23.0 Å². The van der Waals surface area contributed by atoms with E-state index in [9.17, 15) is 29.1 Å². The maximum absolute atomic E-state index is 14.1. The summed E-state index contributed by atoms with van der Waals surface area (Å²) in [5, 5.41) is 10.1. The van der Waals surface area contributed by atoms with E-state index in [1.807, 2.05) is 6.08 Å². The molecule has 0 radical (unpaired) electrons. The summed E-state index contributed by atoms with van der Waals surface area (Å²) in [5.41, 5.74) is 1.97. The van der Waals surface area contributed by atoms with Gasteiger partial charge in [0, 0.05) is 61.2 Å². The zero-order valence-corrected chi connectivity index (χ0v) is 28.6. The van der Waals surface area contributed by atoms with Gasteiger partial charge in [-0.3, -0.25) is 14.4 Å². The first-order chi connectivity index (χ1) is 24.5. The van der Waals surface area contributed by atoms with Crippen molar-refractivity contribution in [3.63, 3.8) is 0 Å². The highest BCUT2D eigenvalue weighted by molar-refractivity contribution is 6.23. The number of methoxy groups -OCH3 is 3. The number of ether oxygens (including phenoxy) is 3. The summed E-state index contributed by atoms with van der Waals surface area (Å²) in [7, 11) is 6.04. The number of nitrogens with zero attached hydrogens (tertiary/aromatic N) is 5. The summed E-state index contributed by atoms with van der Waals surface area (Å²) in [4.78, 5) is 72.6. The lowest BCUT2D eigenvalue weighted by Gasteiger charge is -2.38. The largest absolute Gasteiger partial charge is 0.504 e. The lowest BCUT2D eigenvalue weighted by atomic mass is 9.70. The molecule has 3 aliphatic rings. The van der Waals surface area contributed by atoms with Gasteiger partial charge in [-0.05, 0) is 36.3 Å². The van der Waals surface area contributed by atoms with Crippen LogP contribution in [0.5, 0.6) is 23.0 Å². The monoisotopic (exact) mass is 693 g/mol. The molecule has 0 amide bonds. The highest BCUT2D eigenvalue weighted by Gasteiger charge is 2.43. The quantitative estimate of drug-likeness (QED) is 0.214. The van der Waals surface area contributed by atoms with Crippen LogP contribution < -0.4 is 31.1 Å². The van der Waals surface area contributed by atoms with Crippen LogP contribution in [0.1, 0.15) is 30.6 Å². The van der Waals surface area contributed by atoms with Crippen LogP contribution in [0.15, 0.2) is 85.2 Å². The molecular weight excluding hydrogens is 658 g/mol. The van der Waals surface area contributed by atoms with Crippen LogP contribution >= 0.6 is 0 Å². The molecule has 7 rings (SSSR count). The number of carbonyl (C=O) groups is 2. The second-order valence-corrected chi connectivity index (χ2v) is 12.6. The zero-order valence-electron chi connectivity index (χ0n) is 28.6. The minimum absolute atomic E-state index is 0.00507. The molecule has 0 bridgehead atoms. The van der Waals surface area contributed by atoms with Gasteiger partial charge in [0.15, 0.2) is 34.6 Å². The molecule has 1 aliphatic heterocycles. The Morgan fingerprint density at radius 2 is 1.69 bits per heavy atom. The van der Waals surface area contributed by atoms with Crippen molar-refractivity contribution in [1.82, 2.24) is 23.5 Å². The molecule has 14 heteroatoms. The molecule has 262 valence electrons. The average molecular weight is 694 g/mol. The van der Waals surface area contributed by atoms with E-state index in [1.54, 1.807) is 50.4 Å². The number of carbonyl (C=O) groups excluding carboxylic acids is 2. The van der Waals surface area contributed by atoms with Crippen molar-refractivity contribution in [2.45, 2.75) is 38.9 Å². The maximum Gasteiger partial charge on any atom is 0.347 e. The molecule has 3 heterocycles. The summed E-state index contributed by atoms with van der Waals surface area (Å²) in [6.45, 7) is 1.54. The van der Waals surface area contributed by atoms with Crippen molar-refractivity contribution in [3.05, 3.63) is 113 Å². The minimum atomic E-state index is -0.722. The summed E-state index contributed by atoms with van der Waals surface area (Å²) < 4.78 is 21.2. The number of rotatable bonds is 8. The van der Waals surface area contributed by atoms with Gasteiger partial charge >= 0.3 is 11.4 Å². The number of hydrogen-bond acceptors (Lipinski definition) is 10.